The average Bonchev–Trinajstić information content (AvgIpc) is 2.73. The Balaban J connectivity index is 2.24. The van der Waals surface area contributed by atoms with Crippen LogP contribution in [0, 0.1) is 6.92 Å². The molecule has 0 saturated carbocycles. The molecule has 3 nitrogen and oxygen atoms in total. The minimum atomic E-state index is 0.649. The van der Waals surface area contributed by atoms with Crippen LogP contribution in [0.1, 0.15) is 18.4 Å². The molecular formula is C13H15ClN2O. The number of nitrogens with one attached hydrogen (secondary N) is 1. The van der Waals surface area contributed by atoms with Crippen LogP contribution < -0.4 is 5.32 Å². The minimum Gasteiger partial charge on any atom is -0.439 e. The zero-order valence-electron chi connectivity index (χ0n) is 9.96. The van der Waals surface area contributed by atoms with Crippen LogP contribution in [0.15, 0.2) is 28.8 Å². The van der Waals surface area contributed by atoms with Gasteiger partial charge in [0.1, 0.15) is 0 Å². The van der Waals surface area contributed by atoms with Crippen molar-refractivity contribution in [2.45, 2.75) is 20.4 Å². The van der Waals surface area contributed by atoms with Gasteiger partial charge in [-0.1, -0.05) is 18.5 Å². The largest absolute Gasteiger partial charge is 0.439 e. The van der Waals surface area contributed by atoms with E-state index in [0.717, 1.165) is 23.4 Å². The summed E-state index contributed by atoms with van der Waals surface area (Å²) < 4.78 is 5.65. The van der Waals surface area contributed by atoms with E-state index < -0.39 is 0 Å². The molecule has 1 aromatic heterocycles. The molecule has 0 aliphatic carbocycles. The van der Waals surface area contributed by atoms with Crippen molar-refractivity contribution in [3.8, 4) is 11.3 Å². The van der Waals surface area contributed by atoms with Gasteiger partial charge in [-0.2, -0.15) is 0 Å². The van der Waals surface area contributed by atoms with Gasteiger partial charge < -0.3 is 9.73 Å². The second-order valence-electron chi connectivity index (χ2n) is 3.92. The molecule has 1 N–H and O–H groups in total. The molecular weight excluding hydrogens is 236 g/mol. The topological polar surface area (TPSA) is 38.1 Å². The molecule has 0 unspecified atom stereocenters. The molecule has 4 heteroatoms. The van der Waals surface area contributed by atoms with Crippen LogP contribution in [-0.4, -0.2) is 11.5 Å². The molecule has 0 aliphatic heterocycles. The number of nitrogens with zero attached hydrogens (tertiary/aromatic N) is 1. The number of aromatic nitrogens is 1. The summed E-state index contributed by atoms with van der Waals surface area (Å²) >= 11 is 6.02. The summed E-state index contributed by atoms with van der Waals surface area (Å²) in [7, 11) is 0. The Morgan fingerprint density at radius 2 is 2.18 bits per heavy atom. The van der Waals surface area contributed by atoms with Gasteiger partial charge in [0, 0.05) is 10.6 Å². The van der Waals surface area contributed by atoms with E-state index in [1.54, 1.807) is 6.20 Å². The minimum absolute atomic E-state index is 0.649. The van der Waals surface area contributed by atoms with Gasteiger partial charge in [0.25, 0.3) is 0 Å². The molecule has 0 atom stereocenters. The first kappa shape index (κ1) is 12.1. The maximum absolute atomic E-state index is 6.02. The number of hydrogen-bond donors (Lipinski definition) is 1. The van der Waals surface area contributed by atoms with Gasteiger partial charge in [0.2, 0.25) is 5.89 Å². The molecule has 0 amide bonds. The molecule has 0 fully saturated rings. The summed E-state index contributed by atoms with van der Waals surface area (Å²) in [6, 6.07) is 5.83. The Morgan fingerprint density at radius 1 is 1.35 bits per heavy atom. The highest BCUT2D eigenvalue weighted by Gasteiger charge is 2.07. The molecule has 1 aromatic carbocycles. The lowest BCUT2D eigenvalue weighted by Crippen LogP contribution is -2.11. The normalized spacial score (nSPS) is 10.8. The molecule has 2 aromatic rings. The first-order chi connectivity index (χ1) is 8.19. The van der Waals surface area contributed by atoms with Gasteiger partial charge in [-0.3, -0.25) is 0 Å². The van der Waals surface area contributed by atoms with Crippen molar-refractivity contribution in [3.63, 3.8) is 0 Å². The summed E-state index contributed by atoms with van der Waals surface area (Å²) in [5.74, 6) is 1.45. The predicted molar refractivity (Wildman–Crippen MR) is 69.1 cm³/mol. The van der Waals surface area contributed by atoms with Crippen LogP contribution in [0.3, 0.4) is 0 Å². The van der Waals surface area contributed by atoms with Crippen molar-refractivity contribution in [3.05, 3.63) is 40.9 Å². The highest BCUT2D eigenvalue weighted by atomic mass is 35.5. The predicted octanol–water partition coefficient (Wildman–Crippen LogP) is 3.41. The quantitative estimate of drug-likeness (QED) is 0.904. The van der Waals surface area contributed by atoms with Crippen LogP contribution in [0.5, 0.6) is 0 Å². The third-order valence-corrected chi connectivity index (χ3v) is 2.62. The maximum Gasteiger partial charge on any atom is 0.208 e. The van der Waals surface area contributed by atoms with Gasteiger partial charge in [-0.05, 0) is 37.2 Å². The van der Waals surface area contributed by atoms with Crippen molar-refractivity contribution in [1.29, 1.82) is 0 Å². The van der Waals surface area contributed by atoms with Crippen molar-refractivity contribution in [2.24, 2.45) is 0 Å². The van der Waals surface area contributed by atoms with Crippen molar-refractivity contribution in [1.82, 2.24) is 10.3 Å². The fraction of sp³-hybridized carbons (Fsp3) is 0.308. The second-order valence-corrected chi connectivity index (χ2v) is 4.35. The monoisotopic (exact) mass is 250 g/mol. The number of halogens is 1. The van der Waals surface area contributed by atoms with Crippen LogP contribution in [-0.2, 0) is 6.54 Å². The lowest BCUT2D eigenvalue weighted by molar-refractivity contribution is 0.482. The third kappa shape index (κ3) is 3.08. The third-order valence-electron chi connectivity index (χ3n) is 2.41. The molecule has 0 aliphatic rings. The Bertz CT molecular complexity index is 488. The van der Waals surface area contributed by atoms with Crippen LogP contribution in [0.4, 0.5) is 0 Å². The standard InChI is InChI=1S/C13H15ClN2O/c1-3-15-8-13-16-7-12(17-13)10-4-9(2)5-11(14)6-10/h4-7,15H,3,8H2,1-2H3. The van der Waals surface area contributed by atoms with Gasteiger partial charge in [-0.15, -0.1) is 0 Å². The van der Waals surface area contributed by atoms with E-state index in [1.165, 1.54) is 0 Å². The molecule has 17 heavy (non-hydrogen) atoms. The SMILES string of the molecule is CCNCc1ncc(-c2cc(C)cc(Cl)c2)o1. The molecule has 0 radical (unpaired) electrons. The Labute approximate surface area is 106 Å². The number of hydrogen-bond acceptors (Lipinski definition) is 3. The summed E-state index contributed by atoms with van der Waals surface area (Å²) in [4.78, 5) is 4.22. The Hall–Kier alpha value is -1.32. The summed E-state index contributed by atoms with van der Waals surface area (Å²) in [5.41, 5.74) is 2.07. The first-order valence-corrected chi connectivity index (χ1v) is 6.00. The number of rotatable bonds is 4. The van der Waals surface area contributed by atoms with E-state index in [-0.39, 0.29) is 0 Å². The summed E-state index contributed by atoms with van der Waals surface area (Å²) in [5, 5.41) is 3.88. The van der Waals surface area contributed by atoms with Gasteiger partial charge in [0.05, 0.1) is 12.7 Å². The van der Waals surface area contributed by atoms with Gasteiger partial charge in [-0.25, -0.2) is 4.98 Å². The molecule has 90 valence electrons. The van der Waals surface area contributed by atoms with E-state index in [9.17, 15) is 0 Å². The zero-order valence-corrected chi connectivity index (χ0v) is 10.7. The molecule has 0 saturated heterocycles. The number of oxazole rings is 1. The molecule has 2 rings (SSSR count). The number of benzene rings is 1. The maximum atomic E-state index is 6.02. The Kier molecular flexibility index (Phi) is 3.82. The molecule has 0 bridgehead atoms. The fourth-order valence-electron chi connectivity index (χ4n) is 1.64. The smallest absolute Gasteiger partial charge is 0.208 e. The van der Waals surface area contributed by atoms with Crippen LogP contribution in [0.2, 0.25) is 5.02 Å². The van der Waals surface area contributed by atoms with Crippen molar-refractivity contribution >= 4 is 11.6 Å². The van der Waals surface area contributed by atoms with E-state index >= 15 is 0 Å². The van der Waals surface area contributed by atoms with Gasteiger partial charge >= 0.3 is 0 Å². The van der Waals surface area contributed by atoms with E-state index in [1.807, 2.05) is 32.0 Å². The van der Waals surface area contributed by atoms with Crippen molar-refractivity contribution < 1.29 is 4.42 Å². The van der Waals surface area contributed by atoms with E-state index in [0.29, 0.717) is 17.5 Å². The second kappa shape index (κ2) is 5.34. The highest BCUT2D eigenvalue weighted by molar-refractivity contribution is 6.30. The summed E-state index contributed by atoms with van der Waals surface area (Å²) in [6.45, 7) is 5.60. The highest BCUT2D eigenvalue weighted by Crippen LogP contribution is 2.25. The van der Waals surface area contributed by atoms with Crippen molar-refractivity contribution in [2.75, 3.05) is 6.54 Å². The van der Waals surface area contributed by atoms with E-state index in [4.69, 9.17) is 16.0 Å². The lowest BCUT2D eigenvalue weighted by atomic mass is 10.1. The number of aryl methyl sites for hydroxylation is 1. The average molecular weight is 251 g/mol. The Morgan fingerprint density at radius 3 is 2.88 bits per heavy atom. The van der Waals surface area contributed by atoms with Crippen LogP contribution in [0.25, 0.3) is 11.3 Å². The zero-order chi connectivity index (χ0) is 12.3. The first-order valence-electron chi connectivity index (χ1n) is 5.62. The van der Waals surface area contributed by atoms with Gasteiger partial charge in [0.15, 0.2) is 5.76 Å². The summed E-state index contributed by atoms with van der Waals surface area (Å²) in [6.07, 6.45) is 1.73. The fourth-order valence-corrected chi connectivity index (χ4v) is 1.93. The molecule has 1 heterocycles. The molecule has 0 spiro atoms. The lowest BCUT2D eigenvalue weighted by Gasteiger charge is -2.00. The van der Waals surface area contributed by atoms with E-state index in [2.05, 4.69) is 10.3 Å². The van der Waals surface area contributed by atoms with Crippen LogP contribution >= 0.6 is 11.6 Å².